The minimum Gasteiger partial charge on any atom is -0.322 e. The summed E-state index contributed by atoms with van der Waals surface area (Å²) in [6, 6.07) is 32.3. The summed E-state index contributed by atoms with van der Waals surface area (Å²) < 4.78 is 14.0. The molecule has 1 N–H and O–H groups in total. The molecule has 176 valence electrons. The maximum absolute atomic E-state index is 14.0. The van der Waals surface area contributed by atoms with Crippen LogP contribution in [0.15, 0.2) is 114 Å². The summed E-state index contributed by atoms with van der Waals surface area (Å²) in [6.07, 6.45) is 0.617. The van der Waals surface area contributed by atoms with E-state index in [0.29, 0.717) is 12.1 Å². The molecule has 0 fully saturated rings. The van der Waals surface area contributed by atoms with Crippen LogP contribution in [0.2, 0.25) is 0 Å². The lowest BCUT2D eigenvalue weighted by Gasteiger charge is -2.27. The van der Waals surface area contributed by atoms with Crippen molar-refractivity contribution in [3.05, 3.63) is 121 Å². The predicted molar refractivity (Wildman–Crippen MR) is 141 cm³/mol. The van der Waals surface area contributed by atoms with Gasteiger partial charge in [0.05, 0.1) is 10.8 Å². The van der Waals surface area contributed by atoms with Crippen molar-refractivity contribution in [2.75, 3.05) is 10.2 Å². The maximum atomic E-state index is 14.0. The Morgan fingerprint density at radius 2 is 1.43 bits per heavy atom. The summed E-state index contributed by atoms with van der Waals surface area (Å²) in [5, 5.41) is 2.39. The lowest BCUT2D eigenvalue weighted by atomic mass is 10.2. The number of nitrogens with one attached hydrogen (secondary N) is 1. The highest BCUT2D eigenvalue weighted by Gasteiger charge is 2.26. The maximum Gasteiger partial charge on any atom is 0.258 e. The van der Waals surface area contributed by atoms with Gasteiger partial charge in [0, 0.05) is 22.0 Å². The van der Waals surface area contributed by atoms with Crippen molar-refractivity contribution in [1.29, 1.82) is 0 Å². The van der Waals surface area contributed by atoms with Gasteiger partial charge >= 0.3 is 0 Å². The second kappa shape index (κ2) is 11.5. The van der Waals surface area contributed by atoms with Crippen molar-refractivity contribution in [2.45, 2.75) is 23.5 Å². The smallest absolute Gasteiger partial charge is 0.258 e. The Kier molecular flexibility index (Phi) is 7.95. The van der Waals surface area contributed by atoms with Crippen LogP contribution in [0, 0.1) is 5.82 Å². The number of rotatable bonds is 8. The van der Waals surface area contributed by atoms with Crippen LogP contribution in [0.3, 0.4) is 0 Å². The van der Waals surface area contributed by atoms with Gasteiger partial charge in [-0.05, 0) is 61.0 Å². The highest BCUT2D eigenvalue weighted by Crippen LogP contribution is 2.33. The molecule has 4 aromatic carbocycles. The molecule has 2 amide bonds. The number of hydrogen-bond acceptors (Lipinski definition) is 3. The van der Waals surface area contributed by atoms with Crippen LogP contribution in [0.1, 0.15) is 23.7 Å². The molecule has 0 saturated heterocycles. The molecule has 0 radical (unpaired) electrons. The zero-order valence-electron chi connectivity index (χ0n) is 19.2. The standard InChI is InChI=1S/C29H25FN2O2S/c1-2-27(29(34)32(22-13-5-3-6-14-22)23-15-7-4-8-16-23)35-24-17-11-12-21(20-24)31-28(33)25-18-9-10-19-26(25)30/h3-20,27H,2H2,1H3,(H,31,33). The number of carbonyl (C=O) groups is 2. The van der Waals surface area contributed by atoms with E-state index in [0.717, 1.165) is 16.3 Å². The molecule has 4 rings (SSSR count). The van der Waals surface area contributed by atoms with E-state index in [1.165, 1.54) is 23.9 Å². The van der Waals surface area contributed by atoms with E-state index in [2.05, 4.69) is 5.32 Å². The van der Waals surface area contributed by atoms with Crippen LogP contribution >= 0.6 is 11.8 Å². The normalized spacial score (nSPS) is 11.5. The van der Waals surface area contributed by atoms with E-state index >= 15 is 0 Å². The number of anilines is 3. The average Bonchev–Trinajstić information content (AvgIpc) is 2.89. The summed E-state index contributed by atoms with van der Waals surface area (Å²) >= 11 is 1.44. The molecule has 0 aromatic heterocycles. The Morgan fingerprint density at radius 3 is 2.03 bits per heavy atom. The first-order valence-corrected chi connectivity index (χ1v) is 12.2. The van der Waals surface area contributed by atoms with Gasteiger partial charge in [0.25, 0.3) is 5.91 Å². The molecule has 1 atom stereocenters. The Balaban J connectivity index is 1.55. The third-order valence-corrected chi connectivity index (χ3v) is 6.73. The number of carbonyl (C=O) groups excluding carboxylic acids is 2. The highest BCUT2D eigenvalue weighted by atomic mass is 32.2. The fourth-order valence-electron chi connectivity index (χ4n) is 3.67. The van der Waals surface area contributed by atoms with Crippen LogP contribution in [-0.2, 0) is 4.79 Å². The molecule has 35 heavy (non-hydrogen) atoms. The van der Waals surface area contributed by atoms with Gasteiger partial charge in [-0.15, -0.1) is 11.8 Å². The Morgan fingerprint density at radius 1 is 0.829 bits per heavy atom. The third kappa shape index (κ3) is 5.97. The molecule has 0 aliphatic carbocycles. The average molecular weight is 485 g/mol. The van der Waals surface area contributed by atoms with Crippen molar-refractivity contribution in [3.63, 3.8) is 0 Å². The fraction of sp³-hybridized carbons (Fsp3) is 0.103. The topological polar surface area (TPSA) is 49.4 Å². The molecular formula is C29H25FN2O2S. The summed E-state index contributed by atoms with van der Waals surface area (Å²) in [4.78, 5) is 28.8. The molecule has 4 aromatic rings. The minimum absolute atomic E-state index is 0.0199. The molecule has 1 unspecified atom stereocenters. The van der Waals surface area contributed by atoms with Crippen LogP contribution < -0.4 is 10.2 Å². The van der Waals surface area contributed by atoms with Gasteiger partial charge < -0.3 is 5.32 Å². The van der Waals surface area contributed by atoms with Crippen LogP contribution in [-0.4, -0.2) is 17.1 Å². The zero-order valence-corrected chi connectivity index (χ0v) is 20.0. The van der Waals surface area contributed by atoms with Gasteiger partial charge in [-0.1, -0.05) is 61.5 Å². The van der Waals surface area contributed by atoms with Gasteiger partial charge in [-0.3, -0.25) is 14.5 Å². The lowest BCUT2D eigenvalue weighted by molar-refractivity contribution is -0.117. The molecule has 0 heterocycles. The van der Waals surface area contributed by atoms with Crippen molar-refractivity contribution in [1.82, 2.24) is 0 Å². The monoisotopic (exact) mass is 484 g/mol. The number of amides is 2. The first-order chi connectivity index (χ1) is 17.1. The van der Waals surface area contributed by atoms with Gasteiger partial charge in [-0.2, -0.15) is 0 Å². The van der Waals surface area contributed by atoms with Crippen molar-refractivity contribution < 1.29 is 14.0 Å². The SMILES string of the molecule is CCC(Sc1cccc(NC(=O)c2ccccc2F)c1)C(=O)N(c1ccccc1)c1ccccc1. The van der Waals surface area contributed by atoms with Crippen molar-refractivity contribution in [2.24, 2.45) is 0 Å². The highest BCUT2D eigenvalue weighted by molar-refractivity contribution is 8.00. The number of para-hydroxylation sites is 2. The van der Waals surface area contributed by atoms with Gasteiger partial charge in [0.1, 0.15) is 5.82 Å². The van der Waals surface area contributed by atoms with E-state index in [4.69, 9.17) is 0 Å². The first-order valence-electron chi connectivity index (χ1n) is 11.3. The molecule has 4 nitrogen and oxygen atoms in total. The Labute approximate surface area is 208 Å². The van der Waals surface area contributed by atoms with E-state index in [9.17, 15) is 14.0 Å². The van der Waals surface area contributed by atoms with Crippen molar-refractivity contribution in [3.8, 4) is 0 Å². The molecule has 0 aliphatic heterocycles. The third-order valence-electron chi connectivity index (χ3n) is 5.38. The van der Waals surface area contributed by atoms with Crippen molar-refractivity contribution >= 4 is 40.6 Å². The molecule has 0 saturated carbocycles. The Hall–Kier alpha value is -3.90. The number of thioether (sulfide) groups is 1. The molecule has 6 heteroatoms. The molecule has 0 spiro atoms. The Bertz CT molecular complexity index is 1260. The second-order valence-electron chi connectivity index (χ2n) is 7.82. The van der Waals surface area contributed by atoms with E-state index in [1.807, 2.05) is 79.7 Å². The summed E-state index contributed by atoms with van der Waals surface area (Å²) in [5.41, 5.74) is 2.12. The number of benzene rings is 4. The number of halogens is 1. The number of hydrogen-bond donors (Lipinski definition) is 1. The van der Waals surface area contributed by atoms with Gasteiger partial charge in [0.2, 0.25) is 5.91 Å². The van der Waals surface area contributed by atoms with Crippen LogP contribution in [0.4, 0.5) is 21.5 Å². The van der Waals surface area contributed by atoms with E-state index in [1.54, 1.807) is 29.2 Å². The first kappa shape index (κ1) is 24.2. The number of nitrogens with zero attached hydrogens (tertiary/aromatic N) is 1. The van der Waals surface area contributed by atoms with Gasteiger partial charge in [0.15, 0.2) is 0 Å². The van der Waals surface area contributed by atoms with E-state index in [-0.39, 0.29) is 16.7 Å². The van der Waals surface area contributed by atoms with Gasteiger partial charge in [-0.25, -0.2) is 4.39 Å². The minimum atomic E-state index is -0.575. The quantitative estimate of drug-likeness (QED) is 0.267. The summed E-state index contributed by atoms with van der Waals surface area (Å²) in [5.74, 6) is -1.13. The summed E-state index contributed by atoms with van der Waals surface area (Å²) in [6.45, 7) is 1.98. The largest absolute Gasteiger partial charge is 0.322 e. The summed E-state index contributed by atoms with van der Waals surface area (Å²) in [7, 11) is 0. The van der Waals surface area contributed by atoms with Crippen LogP contribution in [0.5, 0.6) is 0 Å². The zero-order chi connectivity index (χ0) is 24.6. The molecule has 0 bridgehead atoms. The van der Waals surface area contributed by atoms with Crippen LogP contribution in [0.25, 0.3) is 0 Å². The van der Waals surface area contributed by atoms with E-state index < -0.39 is 11.7 Å². The molecule has 0 aliphatic rings. The lowest BCUT2D eigenvalue weighted by Crippen LogP contribution is -2.34. The molecular weight excluding hydrogens is 459 g/mol. The fourth-order valence-corrected chi connectivity index (χ4v) is 4.72. The predicted octanol–water partition coefficient (Wildman–Crippen LogP) is 7.31. The second-order valence-corrected chi connectivity index (χ2v) is 9.10.